The number of hydrogen-bond acceptors (Lipinski definition) is 4. The van der Waals surface area contributed by atoms with Gasteiger partial charge in [-0.25, -0.2) is 13.1 Å². The Kier molecular flexibility index (Phi) is 5.61. The maximum absolute atomic E-state index is 12.0. The minimum atomic E-state index is -3.36. The van der Waals surface area contributed by atoms with E-state index in [4.69, 9.17) is 0 Å². The molecule has 1 aliphatic heterocycles. The topological polar surface area (TPSA) is 61.4 Å². The van der Waals surface area contributed by atoms with Gasteiger partial charge in [-0.2, -0.15) is 0 Å². The fourth-order valence-electron chi connectivity index (χ4n) is 2.88. The highest BCUT2D eigenvalue weighted by Gasteiger charge is 2.22. The van der Waals surface area contributed by atoms with E-state index < -0.39 is 10.0 Å². The molecule has 1 aliphatic rings. The van der Waals surface area contributed by atoms with Gasteiger partial charge in [-0.15, -0.1) is 0 Å². The minimum absolute atomic E-state index is 0.329. The summed E-state index contributed by atoms with van der Waals surface area (Å²) in [6, 6.07) is 7.70. The Hall–Kier alpha value is -1.11. The highest BCUT2D eigenvalue weighted by atomic mass is 32.2. The Balaban J connectivity index is 2.17. The number of nitrogens with one attached hydrogen (secondary N) is 2. The first-order chi connectivity index (χ1) is 10.1. The van der Waals surface area contributed by atoms with Crippen LogP contribution in [0.3, 0.4) is 0 Å². The smallest absolute Gasteiger partial charge is 0.240 e. The van der Waals surface area contributed by atoms with Crippen LogP contribution >= 0.6 is 0 Å². The van der Waals surface area contributed by atoms with E-state index in [2.05, 4.69) is 14.9 Å². The highest BCUT2D eigenvalue weighted by Crippen LogP contribution is 2.25. The molecule has 1 aromatic carbocycles. The third-order valence-electron chi connectivity index (χ3n) is 3.88. The van der Waals surface area contributed by atoms with Gasteiger partial charge in [0.15, 0.2) is 0 Å². The lowest BCUT2D eigenvalue weighted by Crippen LogP contribution is -2.45. The predicted molar refractivity (Wildman–Crippen MR) is 86.2 cm³/mol. The van der Waals surface area contributed by atoms with E-state index in [9.17, 15) is 8.42 Å². The quantitative estimate of drug-likeness (QED) is 0.837. The summed E-state index contributed by atoms with van der Waals surface area (Å²) in [5.74, 6) is 0. The summed E-state index contributed by atoms with van der Waals surface area (Å²) in [7, 11) is -1.39. The zero-order valence-electron chi connectivity index (χ0n) is 12.8. The summed E-state index contributed by atoms with van der Waals surface area (Å²) in [6.07, 6.45) is 3.63. The number of piperidine rings is 1. The van der Waals surface area contributed by atoms with Crippen molar-refractivity contribution < 1.29 is 8.42 Å². The number of hydrogen-bond donors (Lipinski definition) is 2. The molecule has 0 aromatic heterocycles. The lowest BCUT2D eigenvalue weighted by molar-refractivity contribution is 0.446. The van der Waals surface area contributed by atoms with Gasteiger partial charge in [-0.3, -0.25) is 0 Å². The Morgan fingerprint density at radius 2 is 1.95 bits per heavy atom. The van der Waals surface area contributed by atoms with Crippen LogP contribution in [0.1, 0.15) is 26.2 Å². The number of likely N-dealkylation sites (N-methyl/N-ethyl adjacent to an activating group) is 1. The first kappa shape index (κ1) is 16.3. The van der Waals surface area contributed by atoms with E-state index in [1.54, 1.807) is 19.1 Å². The van der Waals surface area contributed by atoms with Crippen molar-refractivity contribution in [2.24, 2.45) is 0 Å². The zero-order valence-corrected chi connectivity index (χ0v) is 13.6. The number of rotatable bonds is 6. The SMILES string of the molecule is CCNS(=O)(=O)c1ccc(N2CCCCC2CNC)cc1. The van der Waals surface area contributed by atoms with Crippen molar-refractivity contribution in [1.82, 2.24) is 10.0 Å². The van der Waals surface area contributed by atoms with Gasteiger partial charge in [-0.1, -0.05) is 6.92 Å². The predicted octanol–water partition coefficient (Wildman–Crippen LogP) is 1.56. The maximum Gasteiger partial charge on any atom is 0.240 e. The van der Waals surface area contributed by atoms with Crippen molar-refractivity contribution in [2.75, 3.05) is 31.6 Å². The summed E-state index contributed by atoms with van der Waals surface area (Å²) in [4.78, 5) is 2.71. The third-order valence-corrected chi connectivity index (χ3v) is 5.44. The minimum Gasteiger partial charge on any atom is -0.367 e. The van der Waals surface area contributed by atoms with Crippen LogP contribution in [0.4, 0.5) is 5.69 Å². The molecular weight excluding hydrogens is 286 g/mol. The van der Waals surface area contributed by atoms with Gasteiger partial charge in [-0.05, 0) is 50.6 Å². The molecule has 0 amide bonds. The average molecular weight is 311 g/mol. The highest BCUT2D eigenvalue weighted by molar-refractivity contribution is 7.89. The van der Waals surface area contributed by atoms with Crippen LogP contribution in [0.15, 0.2) is 29.2 Å². The molecule has 1 fully saturated rings. The molecule has 1 atom stereocenters. The maximum atomic E-state index is 12.0. The normalized spacial score (nSPS) is 19.7. The van der Waals surface area contributed by atoms with Crippen LogP contribution in [-0.2, 0) is 10.0 Å². The van der Waals surface area contributed by atoms with Gasteiger partial charge in [0, 0.05) is 31.4 Å². The largest absolute Gasteiger partial charge is 0.367 e. The molecule has 0 radical (unpaired) electrons. The van der Waals surface area contributed by atoms with Gasteiger partial charge in [0.1, 0.15) is 0 Å². The van der Waals surface area contributed by atoms with Gasteiger partial charge in [0.05, 0.1) is 4.90 Å². The summed E-state index contributed by atoms with van der Waals surface area (Å²) >= 11 is 0. The molecule has 0 spiro atoms. The molecule has 5 nitrogen and oxygen atoms in total. The number of sulfonamides is 1. The Morgan fingerprint density at radius 1 is 1.24 bits per heavy atom. The lowest BCUT2D eigenvalue weighted by atomic mass is 10.0. The van der Waals surface area contributed by atoms with Gasteiger partial charge in [0.25, 0.3) is 0 Å². The van der Waals surface area contributed by atoms with Gasteiger partial charge >= 0.3 is 0 Å². The number of nitrogens with zero attached hydrogens (tertiary/aromatic N) is 1. The second kappa shape index (κ2) is 7.24. The third kappa shape index (κ3) is 3.96. The van der Waals surface area contributed by atoms with E-state index in [1.807, 2.05) is 19.2 Å². The lowest BCUT2D eigenvalue weighted by Gasteiger charge is -2.37. The van der Waals surface area contributed by atoms with Crippen LogP contribution in [-0.4, -0.2) is 41.1 Å². The molecule has 2 rings (SSSR count). The van der Waals surface area contributed by atoms with Crippen molar-refractivity contribution in [3.63, 3.8) is 0 Å². The van der Waals surface area contributed by atoms with Crippen molar-refractivity contribution in [2.45, 2.75) is 37.1 Å². The summed E-state index contributed by atoms with van der Waals surface area (Å²) < 4.78 is 26.4. The van der Waals surface area contributed by atoms with E-state index in [0.29, 0.717) is 17.5 Å². The van der Waals surface area contributed by atoms with Crippen molar-refractivity contribution in [3.05, 3.63) is 24.3 Å². The molecule has 0 aliphatic carbocycles. The fraction of sp³-hybridized carbons (Fsp3) is 0.600. The van der Waals surface area contributed by atoms with Crippen LogP contribution in [0.25, 0.3) is 0 Å². The van der Waals surface area contributed by atoms with Crippen molar-refractivity contribution in [3.8, 4) is 0 Å². The van der Waals surface area contributed by atoms with Crippen LogP contribution in [0.2, 0.25) is 0 Å². The number of anilines is 1. The van der Waals surface area contributed by atoms with Crippen LogP contribution < -0.4 is 14.9 Å². The molecule has 1 heterocycles. The Bertz CT molecular complexity index is 541. The van der Waals surface area contributed by atoms with E-state index in [-0.39, 0.29) is 0 Å². The molecule has 1 unspecified atom stereocenters. The van der Waals surface area contributed by atoms with Crippen LogP contribution in [0.5, 0.6) is 0 Å². The fourth-order valence-corrected chi connectivity index (χ4v) is 3.92. The average Bonchev–Trinajstić information content (AvgIpc) is 2.48. The molecule has 1 aromatic rings. The standard InChI is InChI=1S/C15H25N3O2S/c1-3-17-21(19,20)15-9-7-13(8-10-15)18-11-5-4-6-14(18)12-16-2/h7-10,14,16-17H,3-6,11-12H2,1-2H3. The molecule has 21 heavy (non-hydrogen) atoms. The first-order valence-electron chi connectivity index (χ1n) is 7.59. The summed E-state index contributed by atoms with van der Waals surface area (Å²) in [5.41, 5.74) is 1.10. The molecular formula is C15H25N3O2S. The Morgan fingerprint density at radius 3 is 2.57 bits per heavy atom. The zero-order chi connectivity index (χ0) is 15.3. The van der Waals surface area contributed by atoms with Crippen LogP contribution in [0, 0.1) is 0 Å². The molecule has 2 N–H and O–H groups in total. The first-order valence-corrected chi connectivity index (χ1v) is 9.07. The monoisotopic (exact) mass is 311 g/mol. The number of benzene rings is 1. The molecule has 0 saturated carbocycles. The second-order valence-electron chi connectivity index (χ2n) is 5.40. The summed E-state index contributed by atoms with van der Waals surface area (Å²) in [5, 5.41) is 3.24. The van der Waals surface area contributed by atoms with Crippen molar-refractivity contribution in [1.29, 1.82) is 0 Å². The van der Waals surface area contributed by atoms with E-state index in [0.717, 1.165) is 18.8 Å². The molecule has 0 bridgehead atoms. The second-order valence-corrected chi connectivity index (χ2v) is 7.16. The Labute approximate surface area is 127 Å². The van der Waals surface area contributed by atoms with Crippen molar-refractivity contribution >= 4 is 15.7 Å². The van der Waals surface area contributed by atoms with E-state index >= 15 is 0 Å². The molecule has 6 heteroatoms. The van der Waals surface area contributed by atoms with Gasteiger partial charge < -0.3 is 10.2 Å². The molecule has 118 valence electrons. The van der Waals surface area contributed by atoms with E-state index in [1.165, 1.54) is 19.3 Å². The molecule has 1 saturated heterocycles. The van der Waals surface area contributed by atoms with Gasteiger partial charge in [0.2, 0.25) is 10.0 Å². The summed E-state index contributed by atoms with van der Waals surface area (Å²) in [6.45, 7) is 4.17.